The van der Waals surface area contributed by atoms with Gasteiger partial charge in [0.15, 0.2) is 0 Å². The van der Waals surface area contributed by atoms with Crippen molar-refractivity contribution < 1.29 is 4.74 Å². The zero-order chi connectivity index (χ0) is 9.97. The van der Waals surface area contributed by atoms with Crippen LogP contribution in [0.4, 0.5) is 0 Å². The third kappa shape index (κ3) is 1.94. The van der Waals surface area contributed by atoms with E-state index in [1.165, 1.54) is 11.1 Å². The first-order valence-corrected chi connectivity index (χ1v) is 5.54. The first-order valence-electron chi connectivity index (χ1n) is 5.10. The minimum atomic E-state index is 0.0895. The summed E-state index contributed by atoms with van der Waals surface area (Å²) in [6, 6.07) is 8.31. The van der Waals surface area contributed by atoms with Gasteiger partial charge < -0.3 is 4.74 Å². The number of ether oxygens (including phenoxy) is 1. The van der Waals surface area contributed by atoms with Gasteiger partial charge in [-0.2, -0.15) is 0 Å². The number of alkyl halides is 1. The number of aryl methyl sites for hydroxylation is 1. The highest BCUT2D eigenvalue weighted by atomic mass is 35.5. The molecule has 0 spiro atoms. The molecule has 2 heteroatoms. The minimum absolute atomic E-state index is 0.0895. The normalized spacial score (nSPS) is 27.6. The summed E-state index contributed by atoms with van der Waals surface area (Å²) in [6.07, 6.45) is 2.23. The maximum Gasteiger partial charge on any atom is 0.0990 e. The largest absolute Gasteiger partial charge is 0.372 e. The van der Waals surface area contributed by atoms with Crippen molar-refractivity contribution in [2.24, 2.45) is 0 Å². The molecule has 0 bridgehead atoms. The van der Waals surface area contributed by atoms with Gasteiger partial charge in [0.05, 0.1) is 11.5 Å². The van der Waals surface area contributed by atoms with E-state index in [1.54, 1.807) is 0 Å². The average Bonchev–Trinajstić information content (AvgIpc) is 2.20. The maximum atomic E-state index is 6.26. The highest BCUT2D eigenvalue weighted by Crippen LogP contribution is 2.33. The van der Waals surface area contributed by atoms with E-state index in [1.807, 2.05) is 12.1 Å². The van der Waals surface area contributed by atoms with E-state index in [2.05, 4.69) is 19.1 Å². The van der Waals surface area contributed by atoms with Crippen LogP contribution in [0.25, 0.3) is 0 Å². The molecule has 1 saturated heterocycles. The molecule has 0 saturated carbocycles. The number of halogens is 1. The first kappa shape index (κ1) is 10.0. The lowest BCUT2D eigenvalue weighted by molar-refractivity contribution is 0.0180. The summed E-state index contributed by atoms with van der Waals surface area (Å²) < 4.78 is 5.73. The number of hydrogen-bond acceptors (Lipinski definition) is 1. The third-order valence-corrected chi connectivity index (χ3v) is 3.19. The lowest BCUT2D eigenvalue weighted by atomic mass is 9.97. The van der Waals surface area contributed by atoms with E-state index in [9.17, 15) is 0 Å². The summed E-state index contributed by atoms with van der Waals surface area (Å²) in [5, 5.41) is 0.129. The molecule has 1 aliphatic heterocycles. The Labute approximate surface area is 90.0 Å². The van der Waals surface area contributed by atoms with Crippen LogP contribution in [0, 0.1) is 6.92 Å². The molecule has 1 nitrogen and oxygen atoms in total. The maximum absolute atomic E-state index is 6.26. The highest BCUT2D eigenvalue weighted by molar-refractivity contribution is 6.21. The van der Waals surface area contributed by atoms with Gasteiger partial charge in [-0.1, -0.05) is 24.3 Å². The predicted molar refractivity (Wildman–Crippen MR) is 58.7 cm³/mol. The Balaban J connectivity index is 2.25. The summed E-state index contributed by atoms with van der Waals surface area (Å²) in [5.74, 6) is 0. The number of hydrogen-bond donors (Lipinski definition) is 0. The van der Waals surface area contributed by atoms with Crippen molar-refractivity contribution in [2.75, 3.05) is 6.61 Å². The molecule has 1 fully saturated rings. The Hall–Kier alpha value is -0.530. The van der Waals surface area contributed by atoms with Crippen molar-refractivity contribution >= 4 is 11.6 Å². The molecule has 76 valence electrons. The van der Waals surface area contributed by atoms with E-state index >= 15 is 0 Å². The molecule has 14 heavy (non-hydrogen) atoms. The van der Waals surface area contributed by atoms with Crippen molar-refractivity contribution in [3.05, 3.63) is 35.4 Å². The summed E-state index contributed by atoms with van der Waals surface area (Å²) in [5.41, 5.74) is 2.51. The van der Waals surface area contributed by atoms with Crippen LogP contribution in [0.3, 0.4) is 0 Å². The molecule has 0 aromatic heterocycles. The van der Waals surface area contributed by atoms with Gasteiger partial charge in [-0.05, 0) is 30.9 Å². The van der Waals surface area contributed by atoms with Crippen molar-refractivity contribution in [1.82, 2.24) is 0 Å². The van der Waals surface area contributed by atoms with Gasteiger partial charge in [0.1, 0.15) is 0 Å². The Bertz CT molecular complexity index is 311. The smallest absolute Gasteiger partial charge is 0.0990 e. The molecule has 0 radical (unpaired) electrons. The molecule has 1 heterocycles. The summed E-state index contributed by atoms with van der Waals surface area (Å²) in [4.78, 5) is 0. The summed E-state index contributed by atoms with van der Waals surface area (Å²) in [7, 11) is 0. The molecule has 0 N–H and O–H groups in total. The zero-order valence-electron chi connectivity index (χ0n) is 8.37. The van der Waals surface area contributed by atoms with Crippen LogP contribution < -0.4 is 0 Å². The van der Waals surface area contributed by atoms with Crippen molar-refractivity contribution in [2.45, 2.75) is 31.2 Å². The molecule has 0 amide bonds. The van der Waals surface area contributed by atoms with Gasteiger partial charge >= 0.3 is 0 Å². The van der Waals surface area contributed by atoms with E-state index < -0.39 is 0 Å². The van der Waals surface area contributed by atoms with Crippen LogP contribution in [0.5, 0.6) is 0 Å². The number of benzene rings is 1. The Morgan fingerprint density at radius 2 is 2.14 bits per heavy atom. The highest BCUT2D eigenvalue weighted by Gasteiger charge is 2.26. The van der Waals surface area contributed by atoms with E-state index in [0.717, 1.165) is 19.4 Å². The lowest BCUT2D eigenvalue weighted by Gasteiger charge is -2.28. The van der Waals surface area contributed by atoms with Crippen LogP contribution in [-0.2, 0) is 4.74 Å². The van der Waals surface area contributed by atoms with E-state index in [0.29, 0.717) is 0 Å². The fraction of sp³-hybridized carbons (Fsp3) is 0.500. The number of rotatable bonds is 1. The Morgan fingerprint density at radius 1 is 1.36 bits per heavy atom. The Kier molecular flexibility index (Phi) is 3.09. The summed E-state index contributed by atoms with van der Waals surface area (Å²) in [6.45, 7) is 2.94. The third-order valence-electron chi connectivity index (χ3n) is 2.75. The monoisotopic (exact) mass is 210 g/mol. The molecule has 1 aliphatic rings. The van der Waals surface area contributed by atoms with Crippen LogP contribution in [0.2, 0.25) is 0 Å². The van der Waals surface area contributed by atoms with Crippen LogP contribution in [0.1, 0.15) is 30.1 Å². The lowest BCUT2D eigenvalue weighted by Crippen LogP contribution is -2.23. The molecule has 1 aromatic rings. The molecule has 2 atom stereocenters. The van der Waals surface area contributed by atoms with Crippen molar-refractivity contribution in [1.29, 1.82) is 0 Å². The van der Waals surface area contributed by atoms with Gasteiger partial charge in [-0.3, -0.25) is 0 Å². The van der Waals surface area contributed by atoms with E-state index in [4.69, 9.17) is 16.3 Å². The summed E-state index contributed by atoms with van der Waals surface area (Å²) >= 11 is 6.26. The molecule has 1 aromatic carbocycles. The van der Waals surface area contributed by atoms with Crippen LogP contribution >= 0.6 is 11.6 Å². The molecular formula is C12H15ClO. The van der Waals surface area contributed by atoms with Crippen LogP contribution in [0.15, 0.2) is 24.3 Å². The Morgan fingerprint density at radius 3 is 2.86 bits per heavy atom. The zero-order valence-corrected chi connectivity index (χ0v) is 9.13. The standard InChI is InChI=1S/C12H15ClO/c1-9-5-2-3-6-10(9)12-11(13)7-4-8-14-12/h2-3,5-6,11-12H,4,7-8H2,1H3/t11-,12-/m0/s1. The van der Waals surface area contributed by atoms with Gasteiger partial charge in [0.2, 0.25) is 0 Å². The second-order valence-electron chi connectivity index (χ2n) is 3.81. The predicted octanol–water partition coefficient (Wildman–Crippen LogP) is 3.45. The molecule has 2 rings (SSSR count). The second kappa shape index (κ2) is 4.33. The second-order valence-corrected chi connectivity index (χ2v) is 4.37. The van der Waals surface area contributed by atoms with Gasteiger partial charge in [-0.25, -0.2) is 0 Å². The minimum Gasteiger partial charge on any atom is -0.372 e. The molecular weight excluding hydrogens is 196 g/mol. The average molecular weight is 211 g/mol. The van der Waals surface area contributed by atoms with Gasteiger partial charge in [0.25, 0.3) is 0 Å². The molecule has 0 unspecified atom stereocenters. The first-order chi connectivity index (χ1) is 6.79. The fourth-order valence-electron chi connectivity index (χ4n) is 1.94. The van der Waals surface area contributed by atoms with Crippen molar-refractivity contribution in [3.63, 3.8) is 0 Å². The topological polar surface area (TPSA) is 9.23 Å². The van der Waals surface area contributed by atoms with Gasteiger partial charge in [-0.15, -0.1) is 11.6 Å². The van der Waals surface area contributed by atoms with Gasteiger partial charge in [0, 0.05) is 6.61 Å². The SMILES string of the molecule is Cc1ccccc1[C@@H]1OCCC[C@@H]1Cl. The van der Waals surface area contributed by atoms with Crippen LogP contribution in [-0.4, -0.2) is 12.0 Å². The van der Waals surface area contributed by atoms with Crippen molar-refractivity contribution in [3.8, 4) is 0 Å². The fourth-order valence-corrected chi connectivity index (χ4v) is 2.30. The van der Waals surface area contributed by atoms with E-state index in [-0.39, 0.29) is 11.5 Å². The molecule has 0 aliphatic carbocycles. The quantitative estimate of drug-likeness (QED) is 0.646.